The zero-order valence-electron chi connectivity index (χ0n) is 31.7. The van der Waals surface area contributed by atoms with Gasteiger partial charge in [-0.15, -0.1) is 0 Å². The van der Waals surface area contributed by atoms with E-state index in [-0.39, 0.29) is 23.0 Å². The third-order valence-corrected chi connectivity index (χ3v) is 8.90. The highest BCUT2D eigenvalue weighted by molar-refractivity contribution is 5.86. The van der Waals surface area contributed by atoms with Crippen LogP contribution in [0, 0.1) is 13.8 Å². The Bertz CT molecular complexity index is 2240. The van der Waals surface area contributed by atoms with Gasteiger partial charge in [-0.1, -0.05) is 48.5 Å². The van der Waals surface area contributed by atoms with Crippen molar-refractivity contribution in [2.75, 3.05) is 31.0 Å². The van der Waals surface area contributed by atoms with Gasteiger partial charge in [0.05, 0.1) is 7.11 Å². The predicted molar refractivity (Wildman–Crippen MR) is 206 cm³/mol. The number of carbonyl (C=O) groups excluding carboxylic acids is 1. The summed E-state index contributed by atoms with van der Waals surface area (Å²) in [7, 11) is 5.15. The summed E-state index contributed by atoms with van der Waals surface area (Å²) in [5, 5.41) is 9.02. The number of aryl methyl sites for hydroxylation is 2. The number of benzene rings is 4. The van der Waals surface area contributed by atoms with Crippen LogP contribution in [0.1, 0.15) is 43.8 Å². The van der Waals surface area contributed by atoms with Crippen LogP contribution in [-0.4, -0.2) is 51.5 Å². The molecular weight excluding hydrogens is 748 g/mol. The number of ether oxygens (including phenoxy) is 3. The molecule has 298 valence electrons. The lowest BCUT2D eigenvalue weighted by atomic mass is 10.0. The van der Waals surface area contributed by atoms with Crippen LogP contribution in [0.3, 0.4) is 0 Å². The first-order chi connectivity index (χ1) is 27.2. The number of furan rings is 2. The van der Waals surface area contributed by atoms with Crippen LogP contribution in [0.25, 0.3) is 22.3 Å². The smallest absolute Gasteiger partial charge is 0.387 e. The number of methoxy groups -OCH3 is 1. The van der Waals surface area contributed by atoms with Gasteiger partial charge in [0.1, 0.15) is 23.0 Å². The fraction of sp³-hybridized carbons (Fsp3) is 0.209. The third kappa shape index (κ3) is 11.2. The molecule has 14 heteroatoms. The summed E-state index contributed by atoms with van der Waals surface area (Å²) in [6.07, 6.45) is 0. The van der Waals surface area contributed by atoms with Gasteiger partial charge >= 0.3 is 25.2 Å². The molecule has 0 fully saturated rings. The number of alkyl halides is 4. The van der Waals surface area contributed by atoms with Gasteiger partial charge in [0.15, 0.2) is 0 Å². The number of halogens is 4. The van der Waals surface area contributed by atoms with Crippen LogP contribution >= 0.6 is 0 Å². The second-order valence-corrected chi connectivity index (χ2v) is 12.8. The molecule has 2 heterocycles. The fourth-order valence-electron chi connectivity index (χ4n) is 5.83. The van der Waals surface area contributed by atoms with Gasteiger partial charge in [-0.3, -0.25) is 0 Å². The molecule has 0 spiro atoms. The van der Waals surface area contributed by atoms with Gasteiger partial charge in [0.2, 0.25) is 11.5 Å². The first kappa shape index (κ1) is 41.5. The molecule has 2 aromatic heterocycles. The molecule has 0 saturated heterocycles. The van der Waals surface area contributed by atoms with E-state index in [0.717, 1.165) is 44.8 Å². The number of anilines is 2. The lowest BCUT2D eigenvalue weighted by Crippen LogP contribution is -2.16. The summed E-state index contributed by atoms with van der Waals surface area (Å²) in [6.45, 7) is -1.07. The highest BCUT2D eigenvalue weighted by Gasteiger charge is 2.17. The van der Waals surface area contributed by atoms with E-state index in [1.54, 1.807) is 44.2 Å². The Morgan fingerprint density at radius 1 is 0.596 bits per heavy atom. The molecule has 57 heavy (non-hydrogen) atoms. The van der Waals surface area contributed by atoms with Crippen molar-refractivity contribution < 1.29 is 55.3 Å². The van der Waals surface area contributed by atoms with E-state index in [9.17, 15) is 27.2 Å². The number of aromatic carboxylic acids is 1. The van der Waals surface area contributed by atoms with Crippen molar-refractivity contribution in [1.82, 2.24) is 0 Å². The molecule has 0 atom stereocenters. The monoisotopic (exact) mass is 788 g/mol. The largest absolute Gasteiger partial charge is 0.475 e. The number of rotatable bonds is 14. The molecule has 0 bridgehead atoms. The lowest BCUT2D eigenvalue weighted by molar-refractivity contribution is -0.0505. The molecule has 4 aromatic carbocycles. The average Bonchev–Trinajstić information content (AvgIpc) is 3.75. The normalized spacial score (nSPS) is 10.9. The second kappa shape index (κ2) is 18.8. The van der Waals surface area contributed by atoms with Crippen molar-refractivity contribution in [3.63, 3.8) is 0 Å². The Balaban J connectivity index is 0.000000218. The number of carboxylic acid groups (broad SMARTS) is 1. The lowest BCUT2D eigenvalue weighted by Gasteiger charge is -2.19. The van der Waals surface area contributed by atoms with E-state index in [1.165, 1.54) is 37.4 Å². The molecule has 0 aliphatic rings. The molecule has 0 aliphatic carbocycles. The first-order valence-corrected chi connectivity index (χ1v) is 17.4. The summed E-state index contributed by atoms with van der Waals surface area (Å²) in [5.74, 6) is 0.00126. The Hall–Kier alpha value is -6.70. The van der Waals surface area contributed by atoms with E-state index in [0.29, 0.717) is 24.6 Å². The maximum Gasteiger partial charge on any atom is 0.387 e. The zero-order valence-corrected chi connectivity index (χ0v) is 31.7. The van der Waals surface area contributed by atoms with E-state index in [2.05, 4.69) is 14.2 Å². The summed E-state index contributed by atoms with van der Waals surface area (Å²) in [5.41, 5.74) is 7.30. The Morgan fingerprint density at radius 3 is 1.25 bits per heavy atom. The van der Waals surface area contributed by atoms with Crippen molar-refractivity contribution >= 4 is 23.3 Å². The number of carboxylic acids is 1. The van der Waals surface area contributed by atoms with Gasteiger partial charge in [-0.25, -0.2) is 9.59 Å². The minimum atomic E-state index is -2.84. The summed E-state index contributed by atoms with van der Waals surface area (Å²) in [4.78, 5) is 26.6. The highest BCUT2D eigenvalue weighted by atomic mass is 19.3. The molecular formula is C43H40F4N2O8. The predicted octanol–water partition coefficient (Wildman–Crippen LogP) is 10.5. The maximum absolute atomic E-state index is 12.2. The van der Waals surface area contributed by atoms with Crippen molar-refractivity contribution in [2.24, 2.45) is 0 Å². The summed E-state index contributed by atoms with van der Waals surface area (Å²) < 4.78 is 73.0. The van der Waals surface area contributed by atoms with E-state index < -0.39 is 25.2 Å². The number of hydrogen-bond donors (Lipinski definition) is 1. The molecule has 0 radical (unpaired) electrons. The van der Waals surface area contributed by atoms with Crippen LogP contribution in [0.5, 0.6) is 11.5 Å². The van der Waals surface area contributed by atoms with Crippen LogP contribution in [0.2, 0.25) is 0 Å². The van der Waals surface area contributed by atoms with Gasteiger partial charge in [0.25, 0.3) is 0 Å². The van der Waals surface area contributed by atoms with Gasteiger partial charge in [-0.05, 0) is 96.8 Å². The molecule has 6 aromatic rings. The van der Waals surface area contributed by atoms with E-state index in [1.807, 2.05) is 72.4 Å². The van der Waals surface area contributed by atoms with E-state index >= 15 is 0 Å². The Morgan fingerprint density at radius 2 is 0.930 bits per heavy atom. The standard InChI is InChI=1S/C22H21F2NO4.C21H19F2NO4/c1-14-17(12-20(28-14)21(26)27-3)13-25(2)18-8-4-15(5-9-18)16-6-10-19(11-7-16)29-22(23)24;1-13-16(11-19(27-13)20(25)26)12-24(2)17-7-3-14(4-8-17)15-5-9-18(10-6-15)28-21(22)23/h4-12,22H,13H2,1-3H3;3-11,21H,12H2,1-2H3,(H,25,26). The number of esters is 1. The minimum Gasteiger partial charge on any atom is -0.475 e. The SMILES string of the molecule is COC(=O)c1cc(CN(C)c2ccc(-c3ccc(OC(F)F)cc3)cc2)c(C)o1.Cc1oc(C(=O)O)cc1CN(C)c1ccc(-c2ccc(OC(F)F)cc2)cc1. The molecule has 0 aliphatic heterocycles. The number of hydrogen-bond acceptors (Lipinski definition) is 9. The van der Waals surface area contributed by atoms with Crippen molar-refractivity contribution in [2.45, 2.75) is 40.2 Å². The van der Waals surface area contributed by atoms with Crippen LogP contribution in [0.4, 0.5) is 28.9 Å². The van der Waals surface area contributed by atoms with Crippen molar-refractivity contribution in [3.8, 4) is 33.8 Å². The molecule has 1 N–H and O–H groups in total. The van der Waals surface area contributed by atoms with E-state index in [4.69, 9.17) is 13.9 Å². The summed E-state index contributed by atoms with van der Waals surface area (Å²) >= 11 is 0. The number of nitrogens with zero attached hydrogens (tertiary/aromatic N) is 2. The Kier molecular flexibility index (Phi) is 13.6. The second-order valence-electron chi connectivity index (χ2n) is 12.8. The number of carbonyl (C=O) groups is 2. The molecule has 6 rings (SSSR count). The van der Waals surface area contributed by atoms with Gasteiger partial charge in [-0.2, -0.15) is 17.6 Å². The quantitative estimate of drug-likeness (QED) is 0.0845. The van der Waals surface area contributed by atoms with Crippen LogP contribution < -0.4 is 19.3 Å². The van der Waals surface area contributed by atoms with Gasteiger partial charge in [0, 0.05) is 49.7 Å². The highest BCUT2D eigenvalue weighted by Crippen LogP contribution is 2.29. The topological polar surface area (TPSA) is 115 Å². The Labute approximate surface area is 326 Å². The van der Waals surface area contributed by atoms with Crippen molar-refractivity contribution in [3.05, 3.63) is 143 Å². The molecule has 0 unspecified atom stereocenters. The maximum atomic E-state index is 12.2. The molecule has 0 amide bonds. The minimum absolute atomic E-state index is 0.0736. The van der Waals surface area contributed by atoms with Crippen molar-refractivity contribution in [1.29, 1.82) is 0 Å². The van der Waals surface area contributed by atoms with Gasteiger partial charge < -0.3 is 38.0 Å². The molecule has 0 saturated carbocycles. The average molecular weight is 789 g/mol. The van der Waals surface area contributed by atoms with Crippen LogP contribution in [0.15, 0.2) is 118 Å². The first-order valence-electron chi connectivity index (χ1n) is 17.4. The fourth-order valence-corrected chi connectivity index (χ4v) is 5.83. The van der Waals surface area contributed by atoms with Crippen LogP contribution in [-0.2, 0) is 17.8 Å². The zero-order chi connectivity index (χ0) is 41.2. The summed E-state index contributed by atoms with van der Waals surface area (Å²) in [6, 6.07) is 31.8. The third-order valence-electron chi connectivity index (χ3n) is 8.90. The molecule has 10 nitrogen and oxygen atoms in total.